The number of nitrogens with zero attached hydrogens (tertiary/aromatic N) is 1. The number of hydrogen-bond acceptors (Lipinski definition) is 3. The fraction of sp³-hybridized carbons (Fsp3) is 0.500. The van der Waals surface area contributed by atoms with Gasteiger partial charge in [-0.25, -0.2) is 0 Å². The first kappa shape index (κ1) is 13.2. The number of carbonyl (C=O) groups excluding carboxylic acids is 2. The van der Waals surface area contributed by atoms with Crippen LogP contribution in [0.2, 0.25) is 0 Å². The third kappa shape index (κ3) is 1.90. The molecule has 2 N–H and O–H groups in total. The zero-order valence-electron chi connectivity index (χ0n) is 11.9. The van der Waals surface area contributed by atoms with Crippen LogP contribution in [-0.2, 0) is 16.0 Å². The minimum atomic E-state index is -0.113. The van der Waals surface area contributed by atoms with Crippen LogP contribution in [0.25, 0.3) is 0 Å². The topological polar surface area (TPSA) is 63.4 Å². The van der Waals surface area contributed by atoms with E-state index >= 15 is 0 Å². The summed E-state index contributed by atoms with van der Waals surface area (Å²) < 4.78 is 0. The van der Waals surface area contributed by atoms with Crippen molar-refractivity contribution < 1.29 is 9.59 Å². The number of amides is 2. The molecule has 1 saturated heterocycles. The molecule has 106 valence electrons. The Kier molecular flexibility index (Phi) is 2.85. The molecule has 2 aliphatic rings. The molecule has 2 unspecified atom stereocenters. The van der Waals surface area contributed by atoms with E-state index in [9.17, 15) is 9.59 Å². The highest BCUT2D eigenvalue weighted by Gasteiger charge is 2.72. The standard InChI is InChI=1S/C16H20N2O2/c1-16(2)12-13(16)15(20)18(14(12)19)8-4-6-10-5-3-7-11(17)9-10/h3,5,7,9,12-13H,4,6,8,17H2,1-2H3. The van der Waals surface area contributed by atoms with E-state index in [1.165, 1.54) is 4.90 Å². The molecule has 2 fully saturated rings. The Hall–Kier alpha value is -1.84. The Morgan fingerprint density at radius 3 is 2.45 bits per heavy atom. The number of anilines is 1. The normalized spacial score (nSPS) is 26.8. The molecular formula is C16H20N2O2. The van der Waals surface area contributed by atoms with E-state index in [0.29, 0.717) is 6.54 Å². The van der Waals surface area contributed by atoms with Crippen molar-refractivity contribution in [2.24, 2.45) is 17.3 Å². The fourth-order valence-corrected chi connectivity index (χ4v) is 3.41. The van der Waals surface area contributed by atoms with Gasteiger partial charge in [0.25, 0.3) is 0 Å². The number of benzene rings is 1. The molecule has 0 radical (unpaired) electrons. The number of nitrogens with two attached hydrogens (primary N) is 1. The minimum absolute atomic E-state index is 0.0255. The van der Waals surface area contributed by atoms with Crippen LogP contribution in [0, 0.1) is 17.3 Å². The molecule has 2 amide bonds. The molecule has 1 saturated carbocycles. The fourth-order valence-electron chi connectivity index (χ4n) is 3.41. The number of nitrogen functional groups attached to an aromatic ring is 1. The largest absolute Gasteiger partial charge is 0.399 e. The Bertz CT molecular complexity index is 556. The zero-order chi connectivity index (χ0) is 14.5. The van der Waals surface area contributed by atoms with Crippen LogP contribution in [0.4, 0.5) is 5.69 Å². The number of imide groups is 1. The summed E-state index contributed by atoms with van der Waals surface area (Å²) in [6.45, 7) is 4.53. The van der Waals surface area contributed by atoms with Crippen molar-refractivity contribution in [3.05, 3.63) is 29.8 Å². The number of likely N-dealkylation sites (tertiary alicyclic amines) is 1. The maximum atomic E-state index is 12.2. The van der Waals surface area contributed by atoms with Gasteiger partial charge in [0.1, 0.15) is 0 Å². The first-order valence-corrected chi connectivity index (χ1v) is 7.12. The number of fused-ring (bicyclic) bond motifs is 1. The molecule has 0 aromatic heterocycles. The highest BCUT2D eigenvalue weighted by molar-refractivity contribution is 6.10. The Morgan fingerprint density at radius 1 is 1.20 bits per heavy atom. The first-order chi connectivity index (χ1) is 9.43. The van der Waals surface area contributed by atoms with Crippen LogP contribution in [0.1, 0.15) is 25.8 Å². The molecule has 3 rings (SSSR count). The lowest BCUT2D eigenvalue weighted by Gasteiger charge is -2.20. The summed E-state index contributed by atoms with van der Waals surface area (Å²) in [7, 11) is 0. The van der Waals surface area contributed by atoms with Gasteiger partial charge in [-0.05, 0) is 36.0 Å². The summed E-state index contributed by atoms with van der Waals surface area (Å²) in [5.74, 6) is -0.0834. The van der Waals surface area contributed by atoms with Crippen molar-refractivity contribution in [2.75, 3.05) is 12.3 Å². The van der Waals surface area contributed by atoms with Gasteiger partial charge in [-0.1, -0.05) is 26.0 Å². The second-order valence-corrected chi connectivity index (χ2v) is 6.45. The van der Waals surface area contributed by atoms with E-state index in [0.717, 1.165) is 24.1 Å². The minimum Gasteiger partial charge on any atom is -0.399 e. The van der Waals surface area contributed by atoms with E-state index < -0.39 is 0 Å². The summed E-state index contributed by atoms with van der Waals surface area (Å²) in [6.07, 6.45) is 1.63. The second kappa shape index (κ2) is 4.33. The SMILES string of the molecule is CC1(C)C2C(=O)N(CCCc3cccc(N)c3)C(=O)C21. The van der Waals surface area contributed by atoms with Crippen molar-refractivity contribution in [2.45, 2.75) is 26.7 Å². The highest BCUT2D eigenvalue weighted by Crippen LogP contribution is 2.63. The van der Waals surface area contributed by atoms with Crippen LogP contribution in [0.3, 0.4) is 0 Å². The van der Waals surface area contributed by atoms with Gasteiger partial charge in [-0.2, -0.15) is 0 Å². The predicted molar refractivity (Wildman–Crippen MR) is 76.7 cm³/mol. The molecule has 1 aromatic carbocycles. The van der Waals surface area contributed by atoms with E-state index in [-0.39, 0.29) is 29.1 Å². The molecule has 4 nitrogen and oxygen atoms in total. The summed E-state index contributed by atoms with van der Waals surface area (Å²) >= 11 is 0. The number of carbonyl (C=O) groups is 2. The smallest absolute Gasteiger partial charge is 0.233 e. The molecule has 2 atom stereocenters. The van der Waals surface area contributed by atoms with Gasteiger partial charge < -0.3 is 5.73 Å². The molecular weight excluding hydrogens is 252 g/mol. The Morgan fingerprint density at radius 2 is 1.85 bits per heavy atom. The third-order valence-electron chi connectivity index (χ3n) is 4.69. The van der Waals surface area contributed by atoms with E-state index in [4.69, 9.17) is 5.73 Å². The lowest BCUT2D eigenvalue weighted by Crippen LogP contribution is -2.37. The van der Waals surface area contributed by atoms with Gasteiger partial charge >= 0.3 is 0 Å². The Balaban J connectivity index is 1.56. The van der Waals surface area contributed by atoms with Crippen molar-refractivity contribution in [1.29, 1.82) is 0 Å². The van der Waals surface area contributed by atoms with Crippen LogP contribution in [-0.4, -0.2) is 23.3 Å². The maximum absolute atomic E-state index is 12.2. The molecule has 1 aliphatic carbocycles. The zero-order valence-corrected chi connectivity index (χ0v) is 11.9. The monoisotopic (exact) mass is 272 g/mol. The molecule has 0 spiro atoms. The van der Waals surface area contributed by atoms with Crippen LogP contribution in [0.15, 0.2) is 24.3 Å². The number of aryl methyl sites for hydroxylation is 1. The Labute approximate surface area is 118 Å². The molecule has 1 aliphatic heterocycles. The summed E-state index contributed by atoms with van der Waals surface area (Å²) in [5, 5.41) is 0. The van der Waals surface area contributed by atoms with E-state index in [1.54, 1.807) is 0 Å². The lowest BCUT2D eigenvalue weighted by molar-refractivity contribution is -0.143. The average molecular weight is 272 g/mol. The van der Waals surface area contributed by atoms with E-state index in [1.807, 2.05) is 38.1 Å². The van der Waals surface area contributed by atoms with Crippen LogP contribution >= 0.6 is 0 Å². The summed E-state index contributed by atoms with van der Waals surface area (Å²) in [4.78, 5) is 25.8. The molecule has 1 aromatic rings. The van der Waals surface area contributed by atoms with Crippen molar-refractivity contribution in [3.8, 4) is 0 Å². The van der Waals surface area contributed by atoms with Gasteiger partial charge in [0, 0.05) is 12.2 Å². The number of rotatable bonds is 4. The average Bonchev–Trinajstić information content (AvgIpc) is 2.85. The predicted octanol–water partition coefficient (Wildman–Crippen LogP) is 1.84. The van der Waals surface area contributed by atoms with Crippen LogP contribution in [0.5, 0.6) is 0 Å². The van der Waals surface area contributed by atoms with Gasteiger partial charge in [0.15, 0.2) is 0 Å². The summed E-state index contributed by atoms with van der Waals surface area (Å²) in [5.41, 5.74) is 7.52. The van der Waals surface area contributed by atoms with E-state index in [2.05, 4.69) is 0 Å². The van der Waals surface area contributed by atoms with Gasteiger partial charge in [-0.15, -0.1) is 0 Å². The lowest BCUT2D eigenvalue weighted by atomic mass is 10.0. The first-order valence-electron chi connectivity index (χ1n) is 7.12. The summed E-state index contributed by atoms with van der Waals surface area (Å²) in [6, 6.07) is 7.74. The molecule has 0 bridgehead atoms. The highest BCUT2D eigenvalue weighted by atomic mass is 16.2. The quantitative estimate of drug-likeness (QED) is 0.672. The molecule has 4 heteroatoms. The van der Waals surface area contributed by atoms with Gasteiger partial charge in [-0.3, -0.25) is 14.5 Å². The van der Waals surface area contributed by atoms with Crippen LogP contribution < -0.4 is 5.73 Å². The van der Waals surface area contributed by atoms with Crippen molar-refractivity contribution in [3.63, 3.8) is 0 Å². The third-order valence-corrected chi connectivity index (χ3v) is 4.69. The number of piperidine rings is 1. The maximum Gasteiger partial charge on any atom is 0.233 e. The van der Waals surface area contributed by atoms with Crippen molar-refractivity contribution in [1.82, 2.24) is 4.90 Å². The second-order valence-electron chi connectivity index (χ2n) is 6.45. The molecule has 1 heterocycles. The number of hydrogen-bond donors (Lipinski definition) is 1. The van der Waals surface area contributed by atoms with Gasteiger partial charge in [0.2, 0.25) is 11.8 Å². The van der Waals surface area contributed by atoms with Gasteiger partial charge in [0.05, 0.1) is 11.8 Å². The van der Waals surface area contributed by atoms with Crippen molar-refractivity contribution >= 4 is 17.5 Å². The molecule has 20 heavy (non-hydrogen) atoms.